The van der Waals surface area contributed by atoms with E-state index in [1.54, 1.807) is 0 Å². The summed E-state index contributed by atoms with van der Waals surface area (Å²) in [5.74, 6) is 0.793. The number of hydrogen-bond donors (Lipinski definition) is 1. The first kappa shape index (κ1) is 14.7. The van der Waals surface area contributed by atoms with Crippen molar-refractivity contribution in [2.45, 2.75) is 66.5 Å². The summed E-state index contributed by atoms with van der Waals surface area (Å²) in [6.45, 7) is 13.3. The molecule has 0 aliphatic rings. The summed E-state index contributed by atoms with van der Waals surface area (Å²) in [6.07, 6.45) is 2.54. The summed E-state index contributed by atoms with van der Waals surface area (Å²) in [5, 5.41) is 4.84. The molecule has 0 bridgehead atoms. The van der Waals surface area contributed by atoms with Crippen LogP contribution in [0.4, 0.5) is 0 Å². The Labute approximate surface area is 110 Å². The molecule has 0 aliphatic carbocycles. The van der Waals surface area contributed by atoms with Gasteiger partial charge in [-0.05, 0) is 46.5 Å². The van der Waals surface area contributed by atoms with Gasteiger partial charge in [0.15, 0.2) is 0 Å². The first-order valence-electron chi connectivity index (χ1n) is 6.60. The lowest BCUT2D eigenvalue weighted by atomic mass is 10.0. The van der Waals surface area contributed by atoms with E-state index in [0.29, 0.717) is 12.1 Å². The second-order valence-electron chi connectivity index (χ2n) is 5.44. The van der Waals surface area contributed by atoms with Crippen LogP contribution >= 0.6 is 11.3 Å². The van der Waals surface area contributed by atoms with E-state index in [1.165, 1.54) is 28.4 Å². The van der Waals surface area contributed by atoms with Gasteiger partial charge in [-0.15, -0.1) is 11.3 Å². The van der Waals surface area contributed by atoms with Crippen molar-refractivity contribution in [2.75, 3.05) is 0 Å². The molecule has 1 aromatic rings. The SMILES string of the molecule is Cc1nc(C)c(C(C)NC(C)CCC(C)C)s1. The highest BCUT2D eigenvalue weighted by molar-refractivity contribution is 7.11. The third-order valence-electron chi connectivity index (χ3n) is 3.04. The molecule has 1 N–H and O–H groups in total. The van der Waals surface area contributed by atoms with Crippen LogP contribution in [-0.4, -0.2) is 11.0 Å². The maximum atomic E-state index is 4.49. The van der Waals surface area contributed by atoms with Gasteiger partial charge >= 0.3 is 0 Å². The standard InChI is InChI=1S/C14H26N2S/c1-9(2)7-8-10(3)15-11(4)14-12(5)16-13(6)17-14/h9-11,15H,7-8H2,1-6H3. The molecule has 2 nitrogen and oxygen atoms in total. The first-order chi connectivity index (χ1) is 7.90. The molecule has 3 heteroatoms. The molecule has 2 atom stereocenters. The summed E-state index contributed by atoms with van der Waals surface area (Å²) in [5.41, 5.74) is 1.18. The molecule has 1 rings (SSSR count). The highest BCUT2D eigenvalue weighted by Crippen LogP contribution is 2.25. The predicted molar refractivity (Wildman–Crippen MR) is 76.7 cm³/mol. The van der Waals surface area contributed by atoms with Gasteiger partial charge in [0, 0.05) is 17.0 Å². The Balaban J connectivity index is 2.48. The van der Waals surface area contributed by atoms with Gasteiger partial charge in [0.1, 0.15) is 0 Å². The lowest BCUT2D eigenvalue weighted by molar-refractivity contribution is 0.419. The van der Waals surface area contributed by atoms with E-state index in [1.807, 2.05) is 11.3 Å². The van der Waals surface area contributed by atoms with Crippen molar-refractivity contribution < 1.29 is 0 Å². The minimum atomic E-state index is 0.420. The van der Waals surface area contributed by atoms with E-state index in [9.17, 15) is 0 Å². The number of thiazole rings is 1. The lowest BCUT2D eigenvalue weighted by Gasteiger charge is -2.20. The van der Waals surface area contributed by atoms with E-state index < -0.39 is 0 Å². The van der Waals surface area contributed by atoms with E-state index in [2.05, 4.69) is 51.8 Å². The van der Waals surface area contributed by atoms with Crippen molar-refractivity contribution in [3.8, 4) is 0 Å². The van der Waals surface area contributed by atoms with Gasteiger partial charge in [-0.3, -0.25) is 0 Å². The maximum Gasteiger partial charge on any atom is 0.0900 e. The topological polar surface area (TPSA) is 24.9 Å². The zero-order chi connectivity index (χ0) is 13.0. The Kier molecular flexibility index (Phi) is 5.60. The molecule has 1 heterocycles. The minimum Gasteiger partial charge on any atom is -0.307 e. The lowest BCUT2D eigenvalue weighted by Crippen LogP contribution is -2.29. The second-order valence-corrected chi connectivity index (χ2v) is 6.68. The van der Waals surface area contributed by atoms with Gasteiger partial charge in [-0.25, -0.2) is 4.98 Å². The van der Waals surface area contributed by atoms with E-state index >= 15 is 0 Å². The number of aryl methyl sites for hydroxylation is 2. The van der Waals surface area contributed by atoms with Crippen LogP contribution in [0.2, 0.25) is 0 Å². The van der Waals surface area contributed by atoms with Gasteiger partial charge < -0.3 is 5.32 Å². The Morgan fingerprint density at radius 3 is 2.24 bits per heavy atom. The molecule has 0 spiro atoms. The van der Waals surface area contributed by atoms with Crippen LogP contribution in [-0.2, 0) is 0 Å². The molecule has 0 saturated carbocycles. The Morgan fingerprint density at radius 2 is 1.76 bits per heavy atom. The second kappa shape index (κ2) is 6.50. The summed E-state index contributed by atoms with van der Waals surface area (Å²) in [4.78, 5) is 5.88. The molecule has 0 radical (unpaired) electrons. The molecule has 0 saturated heterocycles. The van der Waals surface area contributed by atoms with Crippen molar-refractivity contribution in [3.63, 3.8) is 0 Å². The van der Waals surface area contributed by atoms with Crippen molar-refractivity contribution in [1.82, 2.24) is 10.3 Å². The van der Waals surface area contributed by atoms with Gasteiger partial charge in [0.05, 0.1) is 10.7 Å². The van der Waals surface area contributed by atoms with Gasteiger partial charge in [0.25, 0.3) is 0 Å². The molecule has 2 unspecified atom stereocenters. The summed E-state index contributed by atoms with van der Waals surface area (Å²) in [7, 11) is 0. The molecule has 0 fully saturated rings. The molecule has 0 aliphatic heterocycles. The van der Waals surface area contributed by atoms with Gasteiger partial charge in [0.2, 0.25) is 0 Å². The summed E-state index contributed by atoms with van der Waals surface area (Å²) < 4.78 is 0. The number of rotatable bonds is 6. The third kappa shape index (κ3) is 4.76. The van der Waals surface area contributed by atoms with Gasteiger partial charge in [-0.2, -0.15) is 0 Å². The molecule has 0 amide bonds. The van der Waals surface area contributed by atoms with Crippen LogP contribution in [0.3, 0.4) is 0 Å². The number of hydrogen-bond acceptors (Lipinski definition) is 3. The van der Waals surface area contributed by atoms with E-state index in [0.717, 1.165) is 5.92 Å². The largest absolute Gasteiger partial charge is 0.307 e. The van der Waals surface area contributed by atoms with Crippen LogP contribution < -0.4 is 5.32 Å². The normalized spacial score (nSPS) is 15.2. The summed E-state index contributed by atoms with van der Waals surface area (Å²) in [6, 6.07) is 0.998. The molecule has 17 heavy (non-hydrogen) atoms. The van der Waals surface area contributed by atoms with Crippen molar-refractivity contribution in [2.24, 2.45) is 5.92 Å². The Morgan fingerprint density at radius 1 is 1.12 bits per heavy atom. The quantitative estimate of drug-likeness (QED) is 0.821. The Hall–Kier alpha value is -0.410. The number of aromatic nitrogens is 1. The smallest absolute Gasteiger partial charge is 0.0900 e. The third-order valence-corrected chi connectivity index (χ3v) is 4.30. The highest BCUT2D eigenvalue weighted by atomic mass is 32.1. The predicted octanol–water partition coefficient (Wildman–Crippen LogP) is 4.24. The van der Waals surface area contributed by atoms with Crippen LogP contribution in [0, 0.1) is 19.8 Å². The van der Waals surface area contributed by atoms with Gasteiger partial charge in [-0.1, -0.05) is 13.8 Å². The molecule has 1 aromatic heterocycles. The van der Waals surface area contributed by atoms with Crippen molar-refractivity contribution >= 4 is 11.3 Å². The zero-order valence-electron chi connectivity index (χ0n) is 12.0. The number of nitrogens with one attached hydrogen (secondary N) is 1. The number of nitrogens with zero attached hydrogens (tertiary/aromatic N) is 1. The van der Waals surface area contributed by atoms with Crippen LogP contribution in [0.25, 0.3) is 0 Å². The van der Waals surface area contributed by atoms with Crippen LogP contribution in [0.5, 0.6) is 0 Å². The van der Waals surface area contributed by atoms with E-state index in [-0.39, 0.29) is 0 Å². The monoisotopic (exact) mass is 254 g/mol. The fraction of sp³-hybridized carbons (Fsp3) is 0.786. The molecule has 98 valence electrons. The maximum absolute atomic E-state index is 4.49. The van der Waals surface area contributed by atoms with Crippen molar-refractivity contribution in [1.29, 1.82) is 0 Å². The fourth-order valence-electron chi connectivity index (χ4n) is 2.12. The van der Waals surface area contributed by atoms with Crippen LogP contribution in [0.15, 0.2) is 0 Å². The molecular formula is C14H26N2S. The van der Waals surface area contributed by atoms with Crippen molar-refractivity contribution in [3.05, 3.63) is 15.6 Å². The van der Waals surface area contributed by atoms with Crippen LogP contribution in [0.1, 0.15) is 62.2 Å². The first-order valence-corrected chi connectivity index (χ1v) is 7.41. The average molecular weight is 254 g/mol. The van der Waals surface area contributed by atoms with E-state index in [4.69, 9.17) is 0 Å². The fourth-order valence-corrected chi connectivity index (χ4v) is 3.06. The average Bonchev–Trinajstić information content (AvgIpc) is 2.55. The molecular weight excluding hydrogens is 228 g/mol. The highest BCUT2D eigenvalue weighted by Gasteiger charge is 2.15. The minimum absolute atomic E-state index is 0.420. The Bertz CT molecular complexity index is 344. The zero-order valence-corrected chi connectivity index (χ0v) is 12.8. The molecule has 0 aromatic carbocycles. The summed E-state index contributed by atoms with van der Waals surface area (Å²) >= 11 is 1.82.